The summed E-state index contributed by atoms with van der Waals surface area (Å²) in [4.78, 5) is 14.8. The van der Waals surface area contributed by atoms with Crippen molar-refractivity contribution in [1.82, 2.24) is 14.9 Å². The van der Waals surface area contributed by atoms with Crippen molar-refractivity contribution in [2.45, 2.75) is 6.04 Å². The van der Waals surface area contributed by atoms with Gasteiger partial charge in [0.2, 0.25) is 5.88 Å². The summed E-state index contributed by atoms with van der Waals surface area (Å²) >= 11 is 1.66. The summed E-state index contributed by atoms with van der Waals surface area (Å²) in [6, 6.07) is 10.1. The molecule has 3 heterocycles. The van der Waals surface area contributed by atoms with Gasteiger partial charge >= 0.3 is 0 Å². The van der Waals surface area contributed by atoms with E-state index in [1.165, 1.54) is 6.33 Å². The molecule has 1 aromatic carbocycles. The Labute approximate surface area is 132 Å². The average molecular weight is 310 g/mol. The molecule has 1 saturated heterocycles. The minimum atomic E-state index is 0.120. The van der Waals surface area contributed by atoms with Gasteiger partial charge in [0.1, 0.15) is 6.33 Å². The smallest absolute Gasteiger partial charge is 0.218 e. The Morgan fingerprint density at radius 2 is 1.91 bits per heavy atom. The monoisotopic (exact) mass is 310 g/mol. The molecule has 2 aromatic rings. The van der Waals surface area contributed by atoms with E-state index in [1.54, 1.807) is 11.8 Å². The van der Waals surface area contributed by atoms with E-state index in [4.69, 9.17) is 0 Å². The molecule has 1 atom stereocenters. The van der Waals surface area contributed by atoms with Crippen LogP contribution in [0.3, 0.4) is 0 Å². The lowest BCUT2D eigenvalue weighted by Crippen LogP contribution is -2.32. The molecule has 0 aliphatic carbocycles. The molecule has 1 aromatic heterocycles. The van der Waals surface area contributed by atoms with Crippen LogP contribution in [0.5, 0.6) is 0 Å². The molecule has 2 aliphatic rings. The van der Waals surface area contributed by atoms with Crippen LogP contribution in [0.15, 0.2) is 59.9 Å². The van der Waals surface area contributed by atoms with Crippen molar-refractivity contribution in [3.63, 3.8) is 0 Å². The van der Waals surface area contributed by atoms with Crippen LogP contribution < -0.4 is 0 Å². The number of hydrogen-bond donors (Lipinski definition) is 1. The second-order valence-electron chi connectivity index (χ2n) is 5.19. The van der Waals surface area contributed by atoms with Crippen LogP contribution in [0.1, 0.15) is 17.2 Å². The van der Waals surface area contributed by atoms with E-state index >= 15 is 0 Å². The average Bonchev–Trinajstić information content (AvgIpc) is 2.98. The first-order valence-corrected chi connectivity index (χ1v) is 8.02. The maximum atomic E-state index is 10.3. The van der Waals surface area contributed by atoms with E-state index in [-0.39, 0.29) is 11.9 Å². The van der Waals surface area contributed by atoms with Crippen LogP contribution in [-0.2, 0) is 0 Å². The summed E-state index contributed by atoms with van der Waals surface area (Å²) in [6.45, 7) is 0.640. The van der Waals surface area contributed by atoms with Crippen molar-refractivity contribution >= 4 is 22.5 Å². The molecule has 0 saturated carbocycles. The van der Waals surface area contributed by atoms with Gasteiger partial charge in [-0.05, 0) is 5.56 Å². The zero-order chi connectivity index (χ0) is 14.9. The lowest BCUT2D eigenvalue weighted by atomic mass is 10.0. The number of aromatic nitrogens is 2. The predicted octanol–water partition coefficient (Wildman–Crippen LogP) is 2.86. The number of hydrogen-bond acceptors (Lipinski definition) is 6. The first-order chi connectivity index (χ1) is 10.8. The summed E-state index contributed by atoms with van der Waals surface area (Å²) in [7, 11) is 0. The van der Waals surface area contributed by atoms with Crippen molar-refractivity contribution < 1.29 is 5.11 Å². The maximum Gasteiger partial charge on any atom is 0.218 e. The largest absolute Gasteiger partial charge is 0.493 e. The van der Waals surface area contributed by atoms with Crippen LogP contribution >= 0.6 is 11.8 Å². The van der Waals surface area contributed by atoms with E-state index in [1.807, 2.05) is 42.7 Å². The highest BCUT2D eigenvalue weighted by atomic mass is 32.2. The van der Waals surface area contributed by atoms with Crippen LogP contribution in [0.4, 0.5) is 0 Å². The molecule has 1 N–H and O–H groups in total. The van der Waals surface area contributed by atoms with Crippen LogP contribution in [0.2, 0.25) is 0 Å². The summed E-state index contributed by atoms with van der Waals surface area (Å²) in [5.74, 6) is 1.01. The SMILES string of the molecule is OC1=C(c2ccccc2)CN2C(=N1)SCC2c1cncnc1. The fraction of sp³-hybridized carbons (Fsp3) is 0.188. The van der Waals surface area contributed by atoms with Crippen molar-refractivity contribution in [3.05, 3.63) is 66.1 Å². The van der Waals surface area contributed by atoms with Crippen LogP contribution in [0, 0.1) is 0 Å². The van der Waals surface area contributed by atoms with E-state index in [2.05, 4.69) is 19.9 Å². The third-order valence-corrected chi connectivity index (χ3v) is 4.95. The van der Waals surface area contributed by atoms with Crippen molar-refractivity contribution in [1.29, 1.82) is 0 Å². The van der Waals surface area contributed by atoms with Crippen LogP contribution in [-0.4, -0.2) is 37.4 Å². The molecular formula is C16H14N4OS. The predicted molar refractivity (Wildman–Crippen MR) is 87.4 cm³/mol. The number of benzene rings is 1. The Balaban J connectivity index is 1.69. The molecule has 6 heteroatoms. The van der Waals surface area contributed by atoms with Gasteiger partial charge in [0.05, 0.1) is 12.6 Å². The number of aliphatic hydroxyl groups excluding tert-OH is 1. The van der Waals surface area contributed by atoms with Gasteiger partial charge in [0.15, 0.2) is 5.17 Å². The van der Waals surface area contributed by atoms with Crippen molar-refractivity contribution in [2.24, 2.45) is 4.99 Å². The summed E-state index contributed by atoms with van der Waals surface area (Å²) in [6.07, 6.45) is 5.24. The molecule has 1 unspecified atom stereocenters. The van der Waals surface area contributed by atoms with Crippen molar-refractivity contribution in [3.8, 4) is 0 Å². The molecule has 5 nitrogen and oxygen atoms in total. The number of fused-ring (bicyclic) bond motifs is 1. The van der Waals surface area contributed by atoms with Gasteiger partial charge in [0, 0.05) is 29.3 Å². The third kappa shape index (κ3) is 2.25. The number of rotatable bonds is 2. The molecule has 0 amide bonds. The van der Waals surface area contributed by atoms with Gasteiger partial charge in [-0.2, -0.15) is 4.99 Å². The standard InChI is InChI=1S/C16H14N4OS/c21-15-13(11-4-2-1-3-5-11)8-20-14(9-22-16(20)19-15)12-6-17-10-18-7-12/h1-7,10,14,21H,8-9H2. The molecule has 1 fully saturated rings. The molecule has 0 bridgehead atoms. The quantitative estimate of drug-likeness (QED) is 0.924. The van der Waals surface area contributed by atoms with E-state index in [9.17, 15) is 5.11 Å². The minimum absolute atomic E-state index is 0.120. The normalized spacial score (nSPS) is 20.8. The van der Waals surface area contributed by atoms with E-state index < -0.39 is 0 Å². The number of nitrogens with zero attached hydrogens (tertiary/aromatic N) is 4. The molecular weight excluding hydrogens is 296 g/mol. The third-order valence-electron chi connectivity index (χ3n) is 3.88. The van der Waals surface area contributed by atoms with Gasteiger partial charge in [-0.25, -0.2) is 9.97 Å². The van der Waals surface area contributed by atoms with Gasteiger partial charge in [-0.1, -0.05) is 42.1 Å². The fourth-order valence-corrected chi connectivity index (χ4v) is 3.94. The molecule has 4 rings (SSSR count). The van der Waals surface area contributed by atoms with Crippen LogP contribution in [0.25, 0.3) is 5.57 Å². The maximum absolute atomic E-state index is 10.3. The number of aliphatic imine (C=N–C) groups is 1. The topological polar surface area (TPSA) is 61.6 Å². The first-order valence-electron chi connectivity index (χ1n) is 7.03. The molecule has 110 valence electrons. The van der Waals surface area contributed by atoms with E-state index in [0.29, 0.717) is 6.54 Å². The van der Waals surface area contributed by atoms with Gasteiger partial charge in [0.25, 0.3) is 0 Å². The van der Waals surface area contributed by atoms with Gasteiger partial charge in [-0.3, -0.25) is 0 Å². The lowest BCUT2D eigenvalue weighted by Gasteiger charge is -2.29. The number of thioether (sulfide) groups is 1. The zero-order valence-corrected chi connectivity index (χ0v) is 12.6. The first kappa shape index (κ1) is 13.3. The van der Waals surface area contributed by atoms with Gasteiger partial charge < -0.3 is 10.0 Å². The summed E-state index contributed by atoms with van der Waals surface area (Å²) in [5.41, 5.74) is 2.94. The minimum Gasteiger partial charge on any atom is -0.493 e. The molecule has 22 heavy (non-hydrogen) atoms. The molecule has 0 spiro atoms. The summed E-state index contributed by atoms with van der Waals surface area (Å²) < 4.78 is 0. The number of amidine groups is 1. The fourth-order valence-electron chi connectivity index (χ4n) is 2.75. The van der Waals surface area contributed by atoms with Crippen molar-refractivity contribution in [2.75, 3.05) is 12.3 Å². The highest BCUT2D eigenvalue weighted by Gasteiger charge is 2.35. The molecule has 0 radical (unpaired) electrons. The van der Waals surface area contributed by atoms with Gasteiger partial charge in [-0.15, -0.1) is 0 Å². The van der Waals surface area contributed by atoms with E-state index in [0.717, 1.165) is 27.6 Å². The Hall–Kier alpha value is -2.34. The second-order valence-corrected chi connectivity index (χ2v) is 6.18. The lowest BCUT2D eigenvalue weighted by molar-refractivity contribution is 0.357. The zero-order valence-electron chi connectivity index (χ0n) is 11.8. The Bertz CT molecular complexity index is 745. The number of aliphatic hydroxyl groups is 1. The Kier molecular flexibility index (Phi) is 3.31. The highest BCUT2D eigenvalue weighted by molar-refractivity contribution is 8.14. The Morgan fingerprint density at radius 1 is 1.14 bits per heavy atom. The second kappa shape index (κ2) is 5.46. The Morgan fingerprint density at radius 3 is 2.68 bits per heavy atom. The molecule has 2 aliphatic heterocycles. The highest BCUT2D eigenvalue weighted by Crippen LogP contribution is 2.39. The summed E-state index contributed by atoms with van der Waals surface area (Å²) in [5, 5.41) is 11.1.